The SMILES string of the molecule is CCc1cc(CC)c(-c2cccc(CN)c2)c(CC)c1. The molecule has 1 nitrogen and oxygen atoms in total. The molecular formula is C19H25N. The number of hydrogen-bond acceptors (Lipinski definition) is 1. The lowest BCUT2D eigenvalue weighted by molar-refractivity contribution is 1.04. The standard InChI is InChI=1S/C19H25N/c1-4-14-10-16(5-2)19(17(6-3)11-14)18-9-7-8-15(12-18)13-20/h7-12H,4-6,13,20H2,1-3H3. The Labute approximate surface area is 122 Å². The average molecular weight is 267 g/mol. The van der Waals surface area contributed by atoms with Gasteiger partial charge in [-0.3, -0.25) is 0 Å². The van der Waals surface area contributed by atoms with Crippen molar-refractivity contribution in [2.24, 2.45) is 5.73 Å². The molecule has 0 spiro atoms. The molecular weight excluding hydrogens is 242 g/mol. The summed E-state index contributed by atoms with van der Waals surface area (Å²) in [5.74, 6) is 0. The van der Waals surface area contributed by atoms with Gasteiger partial charge in [0.15, 0.2) is 0 Å². The molecule has 0 fully saturated rings. The molecule has 0 aliphatic heterocycles. The van der Waals surface area contributed by atoms with Crippen molar-refractivity contribution in [1.29, 1.82) is 0 Å². The summed E-state index contributed by atoms with van der Waals surface area (Å²) in [6.07, 6.45) is 3.25. The van der Waals surface area contributed by atoms with Gasteiger partial charge in [0, 0.05) is 6.54 Å². The summed E-state index contributed by atoms with van der Waals surface area (Å²) in [5, 5.41) is 0. The molecule has 2 N–H and O–H groups in total. The van der Waals surface area contributed by atoms with Crippen molar-refractivity contribution in [2.75, 3.05) is 0 Å². The van der Waals surface area contributed by atoms with Crippen LogP contribution in [0.15, 0.2) is 36.4 Å². The zero-order chi connectivity index (χ0) is 14.5. The van der Waals surface area contributed by atoms with Crippen LogP contribution in [0.2, 0.25) is 0 Å². The van der Waals surface area contributed by atoms with Crippen LogP contribution >= 0.6 is 0 Å². The van der Waals surface area contributed by atoms with Crippen molar-refractivity contribution >= 4 is 0 Å². The van der Waals surface area contributed by atoms with Crippen LogP contribution in [-0.2, 0) is 25.8 Å². The van der Waals surface area contributed by atoms with Crippen LogP contribution in [0, 0.1) is 0 Å². The maximum atomic E-state index is 5.78. The normalized spacial score (nSPS) is 10.8. The molecule has 0 aromatic heterocycles. The molecule has 0 unspecified atom stereocenters. The van der Waals surface area contributed by atoms with Crippen molar-refractivity contribution in [2.45, 2.75) is 46.6 Å². The topological polar surface area (TPSA) is 26.0 Å². The zero-order valence-corrected chi connectivity index (χ0v) is 12.9. The quantitative estimate of drug-likeness (QED) is 0.848. The summed E-state index contributed by atoms with van der Waals surface area (Å²) >= 11 is 0. The van der Waals surface area contributed by atoms with Crippen molar-refractivity contribution < 1.29 is 0 Å². The summed E-state index contributed by atoms with van der Waals surface area (Å²) in [7, 11) is 0. The van der Waals surface area contributed by atoms with Gasteiger partial charge in [-0.2, -0.15) is 0 Å². The van der Waals surface area contributed by atoms with Crippen LogP contribution in [0.1, 0.15) is 43.0 Å². The van der Waals surface area contributed by atoms with E-state index in [9.17, 15) is 0 Å². The summed E-state index contributed by atoms with van der Waals surface area (Å²) in [6.45, 7) is 7.31. The smallest absolute Gasteiger partial charge is 0.0178 e. The number of benzene rings is 2. The number of hydrogen-bond donors (Lipinski definition) is 1. The first-order valence-corrected chi connectivity index (χ1v) is 7.67. The van der Waals surface area contributed by atoms with Crippen LogP contribution in [0.4, 0.5) is 0 Å². The average Bonchev–Trinajstić information content (AvgIpc) is 2.53. The number of rotatable bonds is 5. The van der Waals surface area contributed by atoms with Gasteiger partial charge < -0.3 is 5.73 Å². The van der Waals surface area contributed by atoms with Crippen LogP contribution in [-0.4, -0.2) is 0 Å². The van der Waals surface area contributed by atoms with Gasteiger partial charge in [0.1, 0.15) is 0 Å². The van der Waals surface area contributed by atoms with Gasteiger partial charge in [0.05, 0.1) is 0 Å². The van der Waals surface area contributed by atoms with Gasteiger partial charge in [0.25, 0.3) is 0 Å². The molecule has 0 heterocycles. The molecule has 0 aliphatic carbocycles. The lowest BCUT2D eigenvalue weighted by Crippen LogP contribution is -2.00. The molecule has 0 radical (unpaired) electrons. The van der Waals surface area contributed by atoms with Crippen LogP contribution in [0.3, 0.4) is 0 Å². The van der Waals surface area contributed by atoms with Gasteiger partial charge >= 0.3 is 0 Å². The second kappa shape index (κ2) is 6.71. The van der Waals surface area contributed by atoms with E-state index >= 15 is 0 Å². The first kappa shape index (κ1) is 14.8. The monoisotopic (exact) mass is 267 g/mol. The first-order valence-electron chi connectivity index (χ1n) is 7.67. The summed E-state index contributed by atoms with van der Waals surface area (Å²) in [4.78, 5) is 0. The number of nitrogens with two attached hydrogens (primary N) is 1. The molecule has 2 rings (SSSR count). The third-order valence-corrected chi connectivity index (χ3v) is 3.98. The molecule has 0 bridgehead atoms. The van der Waals surface area contributed by atoms with E-state index in [1.54, 1.807) is 0 Å². The summed E-state index contributed by atoms with van der Waals surface area (Å²) in [6, 6.07) is 13.4. The van der Waals surface area contributed by atoms with Crippen LogP contribution in [0.25, 0.3) is 11.1 Å². The Morgan fingerprint density at radius 2 is 1.45 bits per heavy atom. The van der Waals surface area contributed by atoms with Gasteiger partial charge in [-0.15, -0.1) is 0 Å². The predicted octanol–water partition coefficient (Wildman–Crippen LogP) is 4.50. The van der Waals surface area contributed by atoms with Crippen molar-refractivity contribution in [3.63, 3.8) is 0 Å². The highest BCUT2D eigenvalue weighted by atomic mass is 14.5. The minimum absolute atomic E-state index is 0.601. The van der Waals surface area contributed by atoms with Crippen molar-refractivity contribution in [1.82, 2.24) is 0 Å². The third kappa shape index (κ3) is 2.94. The minimum atomic E-state index is 0.601. The molecule has 0 saturated heterocycles. The van der Waals surface area contributed by atoms with E-state index in [1.807, 2.05) is 0 Å². The van der Waals surface area contributed by atoms with Crippen LogP contribution in [0.5, 0.6) is 0 Å². The number of aryl methyl sites for hydroxylation is 3. The molecule has 1 heteroatoms. The van der Waals surface area contributed by atoms with Gasteiger partial charge in [-0.05, 0) is 58.7 Å². The lowest BCUT2D eigenvalue weighted by Gasteiger charge is -2.16. The fraction of sp³-hybridized carbons (Fsp3) is 0.368. The second-order valence-corrected chi connectivity index (χ2v) is 5.25. The summed E-state index contributed by atoms with van der Waals surface area (Å²) in [5.41, 5.74) is 14.1. The molecule has 2 aromatic carbocycles. The van der Waals surface area contributed by atoms with Crippen molar-refractivity contribution in [3.8, 4) is 11.1 Å². The molecule has 0 atom stereocenters. The molecule has 0 saturated carbocycles. The van der Waals surface area contributed by atoms with Crippen molar-refractivity contribution in [3.05, 3.63) is 58.7 Å². The highest BCUT2D eigenvalue weighted by Gasteiger charge is 2.11. The van der Waals surface area contributed by atoms with Gasteiger partial charge in [-0.25, -0.2) is 0 Å². The Kier molecular flexibility index (Phi) is 4.97. The summed E-state index contributed by atoms with van der Waals surface area (Å²) < 4.78 is 0. The fourth-order valence-corrected chi connectivity index (χ4v) is 2.83. The maximum absolute atomic E-state index is 5.78. The minimum Gasteiger partial charge on any atom is -0.326 e. The van der Waals surface area contributed by atoms with E-state index in [2.05, 4.69) is 57.2 Å². The van der Waals surface area contributed by atoms with Gasteiger partial charge in [0.2, 0.25) is 0 Å². The van der Waals surface area contributed by atoms with Gasteiger partial charge in [-0.1, -0.05) is 51.1 Å². The highest BCUT2D eigenvalue weighted by Crippen LogP contribution is 2.31. The van der Waals surface area contributed by atoms with E-state index in [-0.39, 0.29) is 0 Å². The molecule has 0 aliphatic rings. The van der Waals surface area contributed by atoms with E-state index in [1.165, 1.54) is 33.4 Å². The largest absolute Gasteiger partial charge is 0.326 e. The highest BCUT2D eigenvalue weighted by molar-refractivity contribution is 5.72. The molecule has 106 valence electrons. The Balaban J connectivity index is 2.64. The Morgan fingerprint density at radius 3 is 1.95 bits per heavy atom. The fourth-order valence-electron chi connectivity index (χ4n) is 2.83. The lowest BCUT2D eigenvalue weighted by atomic mass is 9.88. The molecule has 20 heavy (non-hydrogen) atoms. The Morgan fingerprint density at radius 1 is 0.800 bits per heavy atom. The Bertz CT molecular complexity index is 559. The van der Waals surface area contributed by atoms with E-state index in [0.717, 1.165) is 19.3 Å². The zero-order valence-electron chi connectivity index (χ0n) is 12.9. The first-order chi connectivity index (χ1) is 9.73. The van der Waals surface area contributed by atoms with E-state index in [0.29, 0.717) is 6.54 Å². The van der Waals surface area contributed by atoms with Crippen LogP contribution < -0.4 is 5.73 Å². The van der Waals surface area contributed by atoms with E-state index < -0.39 is 0 Å². The molecule has 0 amide bonds. The third-order valence-electron chi connectivity index (χ3n) is 3.98. The second-order valence-electron chi connectivity index (χ2n) is 5.25. The maximum Gasteiger partial charge on any atom is 0.0178 e. The van der Waals surface area contributed by atoms with E-state index in [4.69, 9.17) is 5.73 Å². The Hall–Kier alpha value is -1.60. The molecule has 2 aromatic rings. The predicted molar refractivity (Wildman–Crippen MR) is 87.9 cm³/mol.